The van der Waals surface area contributed by atoms with Gasteiger partial charge in [0.1, 0.15) is 5.52 Å². The Bertz CT molecular complexity index is 714. The van der Waals surface area contributed by atoms with Crippen molar-refractivity contribution in [1.82, 2.24) is 9.88 Å². The molecule has 0 atom stereocenters. The lowest BCUT2D eigenvalue weighted by Gasteiger charge is -2.30. The Morgan fingerprint density at radius 3 is 2.77 bits per heavy atom. The van der Waals surface area contributed by atoms with Gasteiger partial charge in [-0.15, -0.1) is 0 Å². The molecular formula is C16H19N3O3. The van der Waals surface area contributed by atoms with E-state index in [2.05, 4.69) is 4.98 Å². The molecule has 2 heterocycles. The number of carbonyl (C=O) groups is 2. The quantitative estimate of drug-likeness (QED) is 0.928. The number of amides is 2. The molecule has 2 N–H and O–H groups in total. The molecule has 0 aliphatic carbocycles. The minimum absolute atomic E-state index is 0.0717. The highest BCUT2D eigenvalue weighted by Gasteiger charge is 2.25. The van der Waals surface area contributed by atoms with E-state index in [9.17, 15) is 9.59 Å². The molecule has 1 saturated heterocycles. The SMILES string of the molecule is Cc1nc2cc(CC(=O)N3CCC(C(N)=O)CC3)ccc2o1. The molecule has 0 spiro atoms. The smallest absolute Gasteiger partial charge is 0.226 e. The fraction of sp³-hybridized carbons (Fsp3) is 0.438. The fourth-order valence-electron chi connectivity index (χ4n) is 2.90. The lowest BCUT2D eigenvalue weighted by atomic mass is 9.96. The van der Waals surface area contributed by atoms with Crippen molar-refractivity contribution in [2.24, 2.45) is 11.7 Å². The molecule has 6 heteroatoms. The van der Waals surface area contributed by atoms with Gasteiger partial charge in [0.25, 0.3) is 0 Å². The van der Waals surface area contributed by atoms with E-state index < -0.39 is 0 Å². The minimum Gasteiger partial charge on any atom is -0.441 e. The van der Waals surface area contributed by atoms with Crippen LogP contribution in [0.3, 0.4) is 0 Å². The van der Waals surface area contributed by atoms with Crippen LogP contribution in [0.4, 0.5) is 0 Å². The molecule has 116 valence electrons. The molecule has 1 aliphatic heterocycles. The third kappa shape index (κ3) is 2.95. The summed E-state index contributed by atoms with van der Waals surface area (Å²) in [4.78, 5) is 29.6. The van der Waals surface area contributed by atoms with Gasteiger partial charge in [0.2, 0.25) is 11.8 Å². The maximum Gasteiger partial charge on any atom is 0.226 e. The zero-order valence-electron chi connectivity index (χ0n) is 12.5. The zero-order chi connectivity index (χ0) is 15.7. The number of hydrogen-bond donors (Lipinski definition) is 1. The first-order chi connectivity index (χ1) is 10.5. The first-order valence-electron chi connectivity index (χ1n) is 7.46. The second kappa shape index (κ2) is 5.79. The van der Waals surface area contributed by atoms with Crippen LogP contribution in [0.2, 0.25) is 0 Å². The summed E-state index contributed by atoms with van der Waals surface area (Å²) in [6.45, 7) is 2.99. The van der Waals surface area contributed by atoms with Gasteiger partial charge in [-0.1, -0.05) is 6.07 Å². The molecule has 0 bridgehead atoms. The van der Waals surface area contributed by atoms with Crippen LogP contribution in [-0.2, 0) is 16.0 Å². The van der Waals surface area contributed by atoms with E-state index in [1.165, 1.54) is 0 Å². The van der Waals surface area contributed by atoms with E-state index in [-0.39, 0.29) is 17.7 Å². The molecule has 0 saturated carbocycles. The highest BCUT2D eigenvalue weighted by atomic mass is 16.3. The van der Waals surface area contributed by atoms with Crippen LogP contribution in [0.15, 0.2) is 22.6 Å². The number of likely N-dealkylation sites (tertiary alicyclic amines) is 1. The van der Waals surface area contributed by atoms with Crippen molar-refractivity contribution in [1.29, 1.82) is 0 Å². The standard InChI is InChI=1S/C16H19N3O3/c1-10-18-13-8-11(2-3-14(13)22-10)9-15(20)19-6-4-12(5-7-19)16(17)21/h2-3,8,12H,4-7,9H2,1H3,(H2,17,21). The largest absolute Gasteiger partial charge is 0.441 e. The first-order valence-corrected chi connectivity index (χ1v) is 7.46. The van der Waals surface area contributed by atoms with Crippen LogP contribution in [0.1, 0.15) is 24.3 Å². The van der Waals surface area contributed by atoms with Gasteiger partial charge in [0, 0.05) is 25.9 Å². The van der Waals surface area contributed by atoms with Gasteiger partial charge in [-0.3, -0.25) is 9.59 Å². The molecule has 22 heavy (non-hydrogen) atoms. The number of carbonyl (C=O) groups excluding carboxylic acids is 2. The molecule has 1 aromatic carbocycles. The molecule has 1 aliphatic rings. The summed E-state index contributed by atoms with van der Waals surface area (Å²) in [5.74, 6) is 0.326. The molecular weight excluding hydrogens is 282 g/mol. The van der Waals surface area contributed by atoms with E-state index in [1.807, 2.05) is 18.2 Å². The van der Waals surface area contributed by atoms with Gasteiger partial charge in [0.15, 0.2) is 11.5 Å². The van der Waals surface area contributed by atoms with Gasteiger partial charge in [0.05, 0.1) is 6.42 Å². The lowest BCUT2D eigenvalue weighted by molar-refractivity contribution is -0.134. The molecule has 1 aromatic heterocycles. The number of benzene rings is 1. The van der Waals surface area contributed by atoms with Crippen LogP contribution in [-0.4, -0.2) is 34.8 Å². The Kier molecular flexibility index (Phi) is 3.83. The van der Waals surface area contributed by atoms with Crippen molar-refractivity contribution >= 4 is 22.9 Å². The van der Waals surface area contributed by atoms with Crippen molar-refractivity contribution in [3.63, 3.8) is 0 Å². The predicted molar refractivity (Wildman–Crippen MR) is 80.9 cm³/mol. The third-order valence-corrected chi connectivity index (χ3v) is 4.16. The van der Waals surface area contributed by atoms with Gasteiger partial charge in [-0.2, -0.15) is 0 Å². The maximum absolute atomic E-state index is 12.4. The number of oxazole rings is 1. The predicted octanol–water partition coefficient (Wildman–Crippen LogP) is 1.40. The number of nitrogens with zero attached hydrogens (tertiary/aromatic N) is 2. The summed E-state index contributed by atoms with van der Waals surface area (Å²) in [5.41, 5.74) is 7.73. The summed E-state index contributed by atoms with van der Waals surface area (Å²) in [6, 6.07) is 5.62. The summed E-state index contributed by atoms with van der Waals surface area (Å²) < 4.78 is 5.43. The van der Waals surface area contributed by atoms with Gasteiger partial charge < -0.3 is 15.1 Å². The second-order valence-corrected chi connectivity index (χ2v) is 5.77. The Hall–Kier alpha value is -2.37. The van der Waals surface area contributed by atoms with Crippen LogP contribution in [0.25, 0.3) is 11.1 Å². The van der Waals surface area contributed by atoms with Crippen LogP contribution in [0.5, 0.6) is 0 Å². The summed E-state index contributed by atoms with van der Waals surface area (Å²) in [5, 5.41) is 0. The molecule has 2 amide bonds. The normalized spacial score (nSPS) is 16.1. The minimum atomic E-state index is -0.265. The van der Waals surface area contributed by atoms with Gasteiger partial charge in [-0.25, -0.2) is 4.98 Å². The number of primary amides is 1. The lowest BCUT2D eigenvalue weighted by Crippen LogP contribution is -2.42. The van der Waals surface area contributed by atoms with Crippen molar-refractivity contribution < 1.29 is 14.0 Å². The third-order valence-electron chi connectivity index (χ3n) is 4.16. The average Bonchev–Trinajstić information content (AvgIpc) is 2.86. The highest BCUT2D eigenvalue weighted by molar-refractivity contribution is 5.82. The molecule has 6 nitrogen and oxygen atoms in total. The maximum atomic E-state index is 12.4. The summed E-state index contributed by atoms with van der Waals surface area (Å²) in [6.07, 6.45) is 1.65. The topological polar surface area (TPSA) is 89.4 Å². The number of hydrogen-bond acceptors (Lipinski definition) is 4. The Morgan fingerprint density at radius 1 is 1.36 bits per heavy atom. The first kappa shape index (κ1) is 14.6. The van der Waals surface area contributed by atoms with Crippen molar-refractivity contribution in [3.05, 3.63) is 29.7 Å². The zero-order valence-corrected chi connectivity index (χ0v) is 12.5. The summed E-state index contributed by atoms with van der Waals surface area (Å²) >= 11 is 0. The molecule has 0 radical (unpaired) electrons. The summed E-state index contributed by atoms with van der Waals surface area (Å²) in [7, 11) is 0. The van der Waals surface area contributed by atoms with E-state index in [1.54, 1.807) is 11.8 Å². The average molecular weight is 301 g/mol. The Balaban J connectivity index is 1.64. The number of aryl methyl sites for hydroxylation is 1. The van der Waals surface area contributed by atoms with Gasteiger partial charge in [-0.05, 0) is 30.5 Å². The molecule has 1 fully saturated rings. The number of rotatable bonds is 3. The fourth-order valence-corrected chi connectivity index (χ4v) is 2.90. The van der Waals surface area contributed by atoms with Crippen LogP contribution >= 0.6 is 0 Å². The van der Waals surface area contributed by atoms with Gasteiger partial charge >= 0.3 is 0 Å². The Morgan fingerprint density at radius 2 is 2.09 bits per heavy atom. The second-order valence-electron chi connectivity index (χ2n) is 5.77. The number of fused-ring (bicyclic) bond motifs is 1. The van der Waals surface area contributed by atoms with Crippen molar-refractivity contribution in [3.8, 4) is 0 Å². The van der Waals surface area contributed by atoms with Crippen LogP contribution < -0.4 is 5.73 Å². The number of aromatic nitrogens is 1. The monoisotopic (exact) mass is 301 g/mol. The van der Waals surface area contributed by atoms with Crippen molar-refractivity contribution in [2.75, 3.05) is 13.1 Å². The van der Waals surface area contributed by atoms with E-state index in [0.717, 1.165) is 16.7 Å². The highest BCUT2D eigenvalue weighted by Crippen LogP contribution is 2.20. The van der Waals surface area contributed by atoms with E-state index >= 15 is 0 Å². The van der Waals surface area contributed by atoms with Crippen molar-refractivity contribution in [2.45, 2.75) is 26.2 Å². The van der Waals surface area contributed by atoms with E-state index in [4.69, 9.17) is 10.2 Å². The molecule has 2 aromatic rings. The van der Waals surface area contributed by atoms with E-state index in [0.29, 0.717) is 38.2 Å². The molecule has 3 rings (SSSR count). The number of nitrogens with two attached hydrogens (primary N) is 1. The number of piperidine rings is 1. The van der Waals surface area contributed by atoms with Crippen LogP contribution in [0, 0.1) is 12.8 Å². The Labute approximate surface area is 128 Å². The molecule has 0 unspecified atom stereocenters.